The van der Waals surface area contributed by atoms with Crippen LogP contribution in [0.15, 0.2) is 18.2 Å². The Labute approximate surface area is 125 Å². The number of nitrogens with two attached hydrogens (primary N) is 1. The highest BCUT2D eigenvalue weighted by Gasteiger charge is 2.35. The molecule has 0 unspecified atom stereocenters. The summed E-state index contributed by atoms with van der Waals surface area (Å²) in [7, 11) is 0. The van der Waals surface area contributed by atoms with E-state index in [-0.39, 0.29) is 5.69 Å². The lowest BCUT2D eigenvalue weighted by Crippen LogP contribution is -2.41. The lowest BCUT2D eigenvalue weighted by Gasteiger charge is -2.45. The van der Waals surface area contributed by atoms with Gasteiger partial charge in [-0.25, -0.2) is 0 Å². The maximum absolute atomic E-state index is 10.8. The van der Waals surface area contributed by atoms with Crippen molar-refractivity contribution in [3.05, 3.63) is 28.3 Å². The molecule has 0 bridgehead atoms. The van der Waals surface area contributed by atoms with Gasteiger partial charge in [-0.3, -0.25) is 10.1 Å². The minimum absolute atomic E-state index is 0.0667. The van der Waals surface area contributed by atoms with Crippen LogP contribution in [0.1, 0.15) is 44.9 Å². The molecule has 1 aromatic rings. The maximum Gasteiger partial charge on any atom is 0.271 e. The average molecular weight is 289 g/mol. The number of hydrogen-bond donors (Lipinski definition) is 1. The van der Waals surface area contributed by atoms with E-state index in [9.17, 15) is 10.1 Å². The largest absolute Gasteiger partial charge is 0.397 e. The molecule has 3 rings (SSSR count). The number of nitrogens with zero attached hydrogens (tertiary/aromatic N) is 2. The molecule has 5 heteroatoms. The molecule has 2 fully saturated rings. The van der Waals surface area contributed by atoms with Gasteiger partial charge in [-0.05, 0) is 37.2 Å². The SMILES string of the molecule is Nc1cc([N+](=O)[O-])ccc1N1CCC2(CCCCC2)CC1. The summed E-state index contributed by atoms with van der Waals surface area (Å²) in [5.41, 5.74) is 8.11. The third-order valence-corrected chi connectivity index (χ3v) is 5.30. The number of nitro benzene ring substituents is 1. The first-order valence-corrected chi connectivity index (χ1v) is 7.89. The molecule has 114 valence electrons. The van der Waals surface area contributed by atoms with Crippen molar-refractivity contribution in [3.8, 4) is 0 Å². The zero-order chi connectivity index (χ0) is 14.9. The fourth-order valence-corrected chi connectivity index (χ4v) is 3.97. The normalized spacial score (nSPS) is 21.4. The molecule has 1 heterocycles. The van der Waals surface area contributed by atoms with E-state index in [4.69, 9.17) is 5.73 Å². The number of benzene rings is 1. The molecule has 21 heavy (non-hydrogen) atoms. The summed E-state index contributed by atoms with van der Waals surface area (Å²) in [4.78, 5) is 12.7. The van der Waals surface area contributed by atoms with E-state index < -0.39 is 4.92 Å². The van der Waals surface area contributed by atoms with Crippen LogP contribution in [-0.2, 0) is 0 Å². The summed E-state index contributed by atoms with van der Waals surface area (Å²) in [5.74, 6) is 0. The molecule has 0 radical (unpaired) electrons. The molecule has 2 aliphatic rings. The molecule has 0 aromatic heterocycles. The van der Waals surface area contributed by atoms with E-state index in [0.29, 0.717) is 11.1 Å². The summed E-state index contributed by atoms with van der Waals surface area (Å²) in [6.45, 7) is 2.03. The molecule has 0 amide bonds. The predicted octanol–water partition coefficient (Wildman–Crippen LogP) is 3.73. The van der Waals surface area contributed by atoms with E-state index >= 15 is 0 Å². The van der Waals surface area contributed by atoms with Crippen molar-refractivity contribution in [1.82, 2.24) is 0 Å². The van der Waals surface area contributed by atoms with Gasteiger partial charge in [-0.15, -0.1) is 0 Å². The van der Waals surface area contributed by atoms with Gasteiger partial charge in [-0.2, -0.15) is 0 Å². The second-order valence-corrected chi connectivity index (χ2v) is 6.55. The highest BCUT2D eigenvalue weighted by molar-refractivity contribution is 5.70. The molecule has 1 spiro atoms. The monoisotopic (exact) mass is 289 g/mol. The van der Waals surface area contributed by atoms with E-state index in [0.717, 1.165) is 18.8 Å². The third kappa shape index (κ3) is 2.82. The summed E-state index contributed by atoms with van der Waals surface area (Å²) in [6, 6.07) is 4.82. The summed E-state index contributed by atoms with van der Waals surface area (Å²) < 4.78 is 0. The van der Waals surface area contributed by atoms with Crippen LogP contribution in [0.25, 0.3) is 0 Å². The van der Waals surface area contributed by atoms with Gasteiger partial charge >= 0.3 is 0 Å². The van der Waals surface area contributed by atoms with E-state index in [1.165, 1.54) is 51.0 Å². The highest BCUT2D eigenvalue weighted by atomic mass is 16.6. The topological polar surface area (TPSA) is 72.4 Å². The summed E-state index contributed by atoms with van der Waals surface area (Å²) in [5, 5.41) is 10.8. The molecule has 1 aliphatic carbocycles. The van der Waals surface area contributed by atoms with Gasteiger partial charge in [0.2, 0.25) is 0 Å². The first kappa shape index (κ1) is 14.2. The fourth-order valence-electron chi connectivity index (χ4n) is 3.97. The second-order valence-electron chi connectivity index (χ2n) is 6.55. The van der Waals surface area contributed by atoms with Crippen molar-refractivity contribution >= 4 is 17.1 Å². The summed E-state index contributed by atoms with van der Waals surface area (Å²) in [6.07, 6.45) is 9.33. The Morgan fingerprint density at radius 3 is 2.33 bits per heavy atom. The van der Waals surface area contributed by atoms with E-state index in [2.05, 4.69) is 4.90 Å². The van der Waals surface area contributed by atoms with Gasteiger partial charge < -0.3 is 10.6 Å². The first-order valence-electron chi connectivity index (χ1n) is 7.89. The van der Waals surface area contributed by atoms with Crippen LogP contribution in [0.4, 0.5) is 17.1 Å². The molecule has 5 nitrogen and oxygen atoms in total. The maximum atomic E-state index is 10.8. The molecular formula is C16H23N3O2. The van der Waals surface area contributed by atoms with Crippen LogP contribution in [0.3, 0.4) is 0 Å². The molecule has 2 N–H and O–H groups in total. The van der Waals surface area contributed by atoms with Crippen LogP contribution in [0, 0.1) is 15.5 Å². The van der Waals surface area contributed by atoms with Crippen LogP contribution < -0.4 is 10.6 Å². The Morgan fingerprint density at radius 1 is 1.10 bits per heavy atom. The van der Waals surface area contributed by atoms with Crippen molar-refractivity contribution in [2.45, 2.75) is 44.9 Å². The first-order chi connectivity index (χ1) is 10.1. The van der Waals surface area contributed by atoms with Gasteiger partial charge in [-0.1, -0.05) is 19.3 Å². The van der Waals surface area contributed by atoms with Gasteiger partial charge in [0, 0.05) is 25.2 Å². The Kier molecular flexibility index (Phi) is 3.74. The predicted molar refractivity (Wildman–Crippen MR) is 84.5 cm³/mol. The summed E-state index contributed by atoms with van der Waals surface area (Å²) >= 11 is 0. The minimum Gasteiger partial charge on any atom is -0.397 e. The molecule has 1 aromatic carbocycles. The lowest BCUT2D eigenvalue weighted by atomic mass is 9.68. The zero-order valence-electron chi connectivity index (χ0n) is 12.4. The van der Waals surface area contributed by atoms with E-state index in [1.807, 2.05) is 0 Å². The Morgan fingerprint density at radius 2 is 1.76 bits per heavy atom. The second kappa shape index (κ2) is 5.54. The molecule has 1 aliphatic heterocycles. The quantitative estimate of drug-likeness (QED) is 0.511. The van der Waals surface area contributed by atoms with Crippen molar-refractivity contribution < 1.29 is 4.92 Å². The lowest BCUT2D eigenvalue weighted by molar-refractivity contribution is -0.384. The molecule has 1 saturated carbocycles. The molecule has 1 saturated heterocycles. The zero-order valence-corrected chi connectivity index (χ0v) is 12.4. The molecule has 0 atom stereocenters. The number of nitrogen functional groups attached to an aromatic ring is 1. The highest BCUT2D eigenvalue weighted by Crippen LogP contribution is 2.45. The van der Waals surface area contributed by atoms with Gasteiger partial charge in [0.05, 0.1) is 16.3 Å². The van der Waals surface area contributed by atoms with Gasteiger partial charge in [0.15, 0.2) is 0 Å². The van der Waals surface area contributed by atoms with Crippen LogP contribution in [0.2, 0.25) is 0 Å². The Bertz CT molecular complexity index is 528. The van der Waals surface area contributed by atoms with E-state index in [1.54, 1.807) is 12.1 Å². The average Bonchev–Trinajstić information content (AvgIpc) is 2.49. The number of hydrogen-bond acceptors (Lipinski definition) is 4. The van der Waals surface area contributed by atoms with Gasteiger partial charge in [0.25, 0.3) is 5.69 Å². The van der Waals surface area contributed by atoms with Crippen molar-refractivity contribution in [2.75, 3.05) is 23.7 Å². The van der Waals surface area contributed by atoms with Crippen LogP contribution in [0.5, 0.6) is 0 Å². The smallest absolute Gasteiger partial charge is 0.271 e. The third-order valence-electron chi connectivity index (χ3n) is 5.30. The Hall–Kier alpha value is -1.78. The van der Waals surface area contributed by atoms with Gasteiger partial charge in [0.1, 0.15) is 0 Å². The van der Waals surface area contributed by atoms with Crippen molar-refractivity contribution in [1.29, 1.82) is 0 Å². The Balaban J connectivity index is 1.70. The number of anilines is 2. The number of non-ortho nitro benzene ring substituents is 1. The minimum atomic E-state index is -0.395. The molecular weight excluding hydrogens is 266 g/mol. The number of rotatable bonds is 2. The fraction of sp³-hybridized carbons (Fsp3) is 0.625. The van der Waals surface area contributed by atoms with Crippen molar-refractivity contribution in [3.63, 3.8) is 0 Å². The number of nitro groups is 1. The van der Waals surface area contributed by atoms with Crippen LogP contribution >= 0.6 is 0 Å². The van der Waals surface area contributed by atoms with Crippen molar-refractivity contribution in [2.24, 2.45) is 5.41 Å². The number of piperidine rings is 1. The standard InChI is InChI=1S/C16H23N3O2/c17-14-12-13(19(20)21)4-5-15(14)18-10-8-16(9-11-18)6-2-1-3-7-16/h4-5,12H,1-3,6-11,17H2. The van der Waals surface area contributed by atoms with Crippen LogP contribution in [-0.4, -0.2) is 18.0 Å².